The van der Waals surface area contributed by atoms with Crippen LogP contribution in [-0.4, -0.2) is 50.9 Å². The quantitative estimate of drug-likeness (QED) is 0.843. The number of hydrogen-bond acceptors (Lipinski definition) is 4. The Bertz CT molecular complexity index is 365. The summed E-state index contributed by atoms with van der Waals surface area (Å²) in [4.78, 5) is 2.37. The molecule has 0 radical (unpaired) electrons. The lowest BCUT2D eigenvalue weighted by molar-refractivity contribution is 0.0353. The van der Waals surface area contributed by atoms with Crippen LogP contribution in [0.5, 0.6) is 5.75 Å². The molecule has 0 saturated carbocycles. The molecule has 2 N–H and O–H groups in total. The van der Waals surface area contributed by atoms with Crippen molar-refractivity contribution in [3.63, 3.8) is 0 Å². The van der Waals surface area contributed by atoms with E-state index in [0.29, 0.717) is 0 Å². The molecule has 4 heteroatoms. The molecular weight excluding hydrogens is 228 g/mol. The van der Waals surface area contributed by atoms with E-state index < -0.39 is 0 Å². The van der Waals surface area contributed by atoms with Gasteiger partial charge in [-0.2, -0.15) is 0 Å². The van der Waals surface area contributed by atoms with Crippen molar-refractivity contribution in [3.8, 4) is 5.75 Å². The van der Waals surface area contributed by atoms with Crippen LogP contribution in [0, 0.1) is 0 Å². The third-order valence-corrected chi connectivity index (χ3v) is 3.23. The smallest absolute Gasteiger partial charge is 0.119 e. The summed E-state index contributed by atoms with van der Waals surface area (Å²) >= 11 is 0. The van der Waals surface area contributed by atoms with Crippen LogP contribution in [0.3, 0.4) is 0 Å². The van der Waals surface area contributed by atoms with Gasteiger partial charge in [0.1, 0.15) is 5.75 Å². The van der Waals surface area contributed by atoms with Crippen molar-refractivity contribution in [2.75, 3.05) is 40.0 Å². The van der Waals surface area contributed by atoms with Gasteiger partial charge >= 0.3 is 0 Å². The molecule has 0 amide bonds. The number of nitrogens with two attached hydrogens (primary N) is 1. The van der Waals surface area contributed by atoms with Crippen LogP contribution in [0.4, 0.5) is 0 Å². The van der Waals surface area contributed by atoms with Gasteiger partial charge < -0.3 is 15.2 Å². The molecule has 1 unspecified atom stereocenters. The standard InChI is InChI=1S/C14H22N2O2/c1-17-14-4-2-3-12(10-14)9-13(15)11-16-5-7-18-8-6-16/h2-4,10,13H,5-9,11,15H2,1H3. The Kier molecular flexibility index (Phi) is 4.99. The first-order valence-corrected chi connectivity index (χ1v) is 6.46. The summed E-state index contributed by atoms with van der Waals surface area (Å²) in [6.45, 7) is 4.57. The van der Waals surface area contributed by atoms with Gasteiger partial charge in [-0.25, -0.2) is 0 Å². The van der Waals surface area contributed by atoms with E-state index in [2.05, 4.69) is 17.0 Å². The minimum Gasteiger partial charge on any atom is -0.497 e. The average Bonchev–Trinajstić information content (AvgIpc) is 2.40. The van der Waals surface area contributed by atoms with Crippen molar-refractivity contribution in [3.05, 3.63) is 29.8 Å². The highest BCUT2D eigenvalue weighted by Crippen LogP contribution is 2.14. The summed E-state index contributed by atoms with van der Waals surface area (Å²) in [6, 6.07) is 8.28. The maximum absolute atomic E-state index is 6.20. The minimum atomic E-state index is 0.162. The summed E-state index contributed by atoms with van der Waals surface area (Å²) < 4.78 is 10.5. The van der Waals surface area contributed by atoms with E-state index in [1.54, 1.807) is 7.11 Å². The van der Waals surface area contributed by atoms with Crippen molar-refractivity contribution in [1.82, 2.24) is 4.90 Å². The Morgan fingerprint density at radius 3 is 2.89 bits per heavy atom. The first-order chi connectivity index (χ1) is 8.78. The van der Waals surface area contributed by atoms with Gasteiger partial charge in [0.2, 0.25) is 0 Å². The second-order valence-electron chi connectivity index (χ2n) is 4.73. The number of morpholine rings is 1. The van der Waals surface area contributed by atoms with E-state index in [1.807, 2.05) is 12.1 Å². The molecule has 0 aromatic heterocycles. The van der Waals surface area contributed by atoms with Gasteiger partial charge in [-0.15, -0.1) is 0 Å². The normalized spacial score (nSPS) is 18.6. The van der Waals surface area contributed by atoms with Crippen LogP contribution in [-0.2, 0) is 11.2 Å². The number of nitrogens with zero attached hydrogens (tertiary/aromatic N) is 1. The molecule has 1 aromatic rings. The van der Waals surface area contributed by atoms with E-state index in [0.717, 1.165) is 45.0 Å². The summed E-state index contributed by atoms with van der Waals surface area (Å²) in [7, 11) is 1.69. The highest BCUT2D eigenvalue weighted by molar-refractivity contribution is 5.28. The maximum atomic E-state index is 6.20. The van der Waals surface area contributed by atoms with E-state index in [4.69, 9.17) is 15.2 Å². The second kappa shape index (κ2) is 6.73. The Labute approximate surface area is 109 Å². The molecule has 2 rings (SSSR count). The maximum Gasteiger partial charge on any atom is 0.119 e. The molecule has 18 heavy (non-hydrogen) atoms. The molecule has 1 aromatic carbocycles. The third kappa shape index (κ3) is 3.98. The molecule has 1 heterocycles. The van der Waals surface area contributed by atoms with Crippen molar-refractivity contribution in [2.45, 2.75) is 12.5 Å². The van der Waals surface area contributed by atoms with Crippen molar-refractivity contribution in [1.29, 1.82) is 0 Å². The molecule has 100 valence electrons. The van der Waals surface area contributed by atoms with Crippen LogP contribution >= 0.6 is 0 Å². The monoisotopic (exact) mass is 250 g/mol. The van der Waals surface area contributed by atoms with Crippen LogP contribution in [0.25, 0.3) is 0 Å². The Morgan fingerprint density at radius 2 is 2.17 bits per heavy atom. The zero-order valence-electron chi connectivity index (χ0n) is 11.0. The zero-order chi connectivity index (χ0) is 12.8. The lowest BCUT2D eigenvalue weighted by atomic mass is 10.1. The first-order valence-electron chi connectivity index (χ1n) is 6.46. The topological polar surface area (TPSA) is 47.7 Å². The molecule has 1 aliphatic rings. The zero-order valence-corrected chi connectivity index (χ0v) is 11.0. The number of methoxy groups -OCH3 is 1. The molecule has 1 atom stereocenters. The third-order valence-electron chi connectivity index (χ3n) is 3.23. The van der Waals surface area contributed by atoms with E-state index in [1.165, 1.54) is 5.56 Å². The van der Waals surface area contributed by atoms with Gasteiger partial charge in [0.05, 0.1) is 20.3 Å². The van der Waals surface area contributed by atoms with Gasteiger partial charge in [-0.05, 0) is 24.1 Å². The molecule has 0 bridgehead atoms. The Balaban J connectivity index is 1.83. The predicted octanol–water partition coefficient (Wildman–Crippen LogP) is 0.897. The number of ether oxygens (including phenoxy) is 2. The largest absolute Gasteiger partial charge is 0.497 e. The minimum absolute atomic E-state index is 0.162. The van der Waals surface area contributed by atoms with E-state index in [9.17, 15) is 0 Å². The molecule has 0 aliphatic carbocycles. The summed E-state index contributed by atoms with van der Waals surface area (Å²) in [5.74, 6) is 0.895. The van der Waals surface area contributed by atoms with Gasteiger partial charge in [0.25, 0.3) is 0 Å². The van der Waals surface area contributed by atoms with Crippen LogP contribution in [0.15, 0.2) is 24.3 Å². The SMILES string of the molecule is COc1cccc(CC(N)CN2CCOCC2)c1. The van der Waals surface area contributed by atoms with Crippen LogP contribution in [0.1, 0.15) is 5.56 Å². The van der Waals surface area contributed by atoms with Gasteiger partial charge in [0.15, 0.2) is 0 Å². The summed E-state index contributed by atoms with van der Waals surface area (Å²) in [5.41, 5.74) is 7.44. The van der Waals surface area contributed by atoms with E-state index in [-0.39, 0.29) is 6.04 Å². The Morgan fingerprint density at radius 1 is 1.39 bits per heavy atom. The van der Waals surface area contributed by atoms with E-state index >= 15 is 0 Å². The number of rotatable bonds is 5. The number of hydrogen-bond donors (Lipinski definition) is 1. The average molecular weight is 250 g/mol. The van der Waals surface area contributed by atoms with Gasteiger partial charge in [-0.1, -0.05) is 12.1 Å². The van der Waals surface area contributed by atoms with Crippen molar-refractivity contribution in [2.24, 2.45) is 5.73 Å². The molecule has 1 aliphatic heterocycles. The molecular formula is C14H22N2O2. The van der Waals surface area contributed by atoms with Gasteiger partial charge in [-0.3, -0.25) is 4.90 Å². The Hall–Kier alpha value is -1.10. The lowest BCUT2D eigenvalue weighted by Gasteiger charge is -2.29. The molecule has 4 nitrogen and oxygen atoms in total. The second-order valence-corrected chi connectivity index (χ2v) is 4.73. The molecule has 1 saturated heterocycles. The predicted molar refractivity (Wildman–Crippen MR) is 71.9 cm³/mol. The van der Waals surface area contributed by atoms with Crippen LogP contribution < -0.4 is 10.5 Å². The fourth-order valence-corrected chi connectivity index (χ4v) is 2.28. The van der Waals surface area contributed by atoms with Crippen molar-refractivity contribution >= 4 is 0 Å². The molecule has 0 spiro atoms. The molecule has 1 fully saturated rings. The van der Waals surface area contributed by atoms with Crippen molar-refractivity contribution < 1.29 is 9.47 Å². The lowest BCUT2D eigenvalue weighted by Crippen LogP contribution is -2.44. The summed E-state index contributed by atoms with van der Waals surface area (Å²) in [5, 5.41) is 0. The highest BCUT2D eigenvalue weighted by atomic mass is 16.5. The fraction of sp³-hybridized carbons (Fsp3) is 0.571. The first kappa shape index (κ1) is 13.3. The van der Waals surface area contributed by atoms with Gasteiger partial charge in [0, 0.05) is 25.7 Å². The fourth-order valence-electron chi connectivity index (χ4n) is 2.28. The highest BCUT2D eigenvalue weighted by Gasteiger charge is 2.14. The summed E-state index contributed by atoms with van der Waals surface area (Å²) in [6.07, 6.45) is 0.883. The number of benzene rings is 1. The van der Waals surface area contributed by atoms with Crippen LogP contribution in [0.2, 0.25) is 0 Å².